The molecule has 4 heterocycles. The average molecular weight is 1010 g/mol. The van der Waals surface area contributed by atoms with Crippen LogP contribution in [0, 0.1) is 0 Å². The Kier molecular flexibility index (Phi) is 19.4. The molecule has 1 saturated heterocycles. The maximum absolute atomic E-state index is 15.3. The molecule has 23 heteroatoms. The zero-order valence-electron chi connectivity index (χ0n) is 41.3. The van der Waals surface area contributed by atoms with Crippen molar-refractivity contribution >= 4 is 59.1 Å². The van der Waals surface area contributed by atoms with Gasteiger partial charge in [-0.3, -0.25) is 48.1 Å². The smallest absolute Gasteiger partial charge is 0.246 e. The molecule has 392 valence electrons. The molecule has 23 nitrogen and oxygen atoms in total. The summed E-state index contributed by atoms with van der Waals surface area (Å²) in [6, 6.07) is 5.71. The number of H-pyrrole nitrogens is 1. The first-order chi connectivity index (χ1) is 35.0. The Balaban J connectivity index is 1.41. The standard InChI is InChI=1S/C50H68N14O9/c1-3-4-16-36(58-29(2)65)44(68)61-38-24-42(66)55-19-10-9-17-35(43(51)67)59-46(70)40-21-30-12-5-7-14-32(30)26-63(40)48(72)37(18-11-20-56-50(52)53)60-47(71)41-22-31-13-6-8-15-33(31)27-64(41)49(73)39(62-45(38)69)23-34-25-54-28-57-34/h5-8,12-15,25,28,35-41H,3-4,9-11,16-24,26-27H2,1-2H3,(H2,51,67)(H,54,57)(H,55,66)(H,58,65)(H,59,70)(H,60,71)(H,61,68)(H,62,69)(H4,52,53,56)/t35-,36-,37-,38-,39-,40-,41+/m0/s1. The molecule has 1 fully saturated rings. The van der Waals surface area contributed by atoms with Crippen LogP contribution in [-0.4, -0.2) is 134 Å². The van der Waals surface area contributed by atoms with Gasteiger partial charge >= 0.3 is 0 Å². The highest BCUT2D eigenvalue weighted by Crippen LogP contribution is 2.28. The molecular formula is C50H68N14O9. The van der Waals surface area contributed by atoms with Gasteiger partial charge in [0, 0.05) is 64.3 Å². The normalized spacial score (nSPS) is 22.8. The second-order valence-corrected chi connectivity index (χ2v) is 18.7. The van der Waals surface area contributed by atoms with Crippen LogP contribution >= 0.6 is 0 Å². The second kappa shape index (κ2) is 26.0. The van der Waals surface area contributed by atoms with Crippen LogP contribution in [-0.2, 0) is 75.5 Å². The molecule has 0 spiro atoms. The van der Waals surface area contributed by atoms with Crippen molar-refractivity contribution in [3.8, 4) is 0 Å². The molecule has 9 amide bonds. The number of hydrogen-bond donors (Lipinski definition) is 10. The highest BCUT2D eigenvalue weighted by molar-refractivity contribution is 5.99. The van der Waals surface area contributed by atoms with Gasteiger partial charge in [-0.1, -0.05) is 68.3 Å². The van der Waals surface area contributed by atoms with Gasteiger partial charge in [0.25, 0.3) is 0 Å². The van der Waals surface area contributed by atoms with Crippen molar-refractivity contribution in [2.24, 2.45) is 22.2 Å². The quantitative estimate of drug-likeness (QED) is 0.0544. The number of nitrogens with two attached hydrogens (primary N) is 3. The molecule has 3 aliphatic heterocycles. The third-order valence-electron chi connectivity index (χ3n) is 13.3. The molecule has 7 atom stereocenters. The minimum absolute atomic E-state index is 0.00512. The average Bonchev–Trinajstić information content (AvgIpc) is 3.89. The van der Waals surface area contributed by atoms with E-state index in [0.29, 0.717) is 31.4 Å². The number of unbranched alkanes of at least 4 members (excludes halogenated alkanes) is 1. The molecule has 0 bridgehead atoms. The van der Waals surface area contributed by atoms with Gasteiger partial charge in [0.05, 0.1) is 12.7 Å². The predicted molar refractivity (Wildman–Crippen MR) is 267 cm³/mol. The third kappa shape index (κ3) is 15.1. The Bertz CT molecular complexity index is 2510. The van der Waals surface area contributed by atoms with Crippen LogP contribution in [0.25, 0.3) is 0 Å². The summed E-state index contributed by atoms with van der Waals surface area (Å²) in [6.45, 7) is 3.23. The number of benzene rings is 2. The van der Waals surface area contributed by atoms with Crippen LogP contribution in [0.15, 0.2) is 66.0 Å². The number of fused-ring (bicyclic) bond motifs is 4. The van der Waals surface area contributed by atoms with E-state index in [2.05, 4.69) is 46.9 Å². The second-order valence-electron chi connectivity index (χ2n) is 18.7. The number of rotatable bonds is 13. The number of primary amides is 1. The van der Waals surface area contributed by atoms with E-state index in [9.17, 15) is 28.8 Å². The summed E-state index contributed by atoms with van der Waals surface area (Å²) in [5.41, 5.74) is 20.6. The number of hydrogen-bond acceptors (Lipinski definition) is 11. The van der Waals surface area contributed by atoms with Crippen molar-refractivity contribution in [1.82, 2.24) is 51.7 Å². The lowest BCUT2D eigenvalue weighted by Gasteiger charge is -2.40. The van der Waals surface area contributed by atoms with Crippen molar-refractivity contribution < 1.29 is 43.2 Å². The number of aromatic nitrogens is 2. The van der Waals surface area contributed by atoms with Gasteiger partial charge in [-0.25, -0.2) is 4.98 Å². The first kappa shape index (κ1) is 54.5. The molecule has 0 radical (unpaired) electrons. The molecule has 0 saturated carbocycles. The highest BCUT2D eigenvalue weighted by atomic mass is 16.2. The number of imidazole rings is 1. The van der Waals surface area contributed by atoms with Crippen molar-refractivity contribution in [3.63, 3.8) is 0 Å². The minimum Gasteiger partial charge on any atom is -0.370 e. The Morgan fingerprint density at radius 1 is 0.781 bits per heavy atom. The number of guanidine groups is 1. The number of carbonyl (C=O) groups excluding carboxylic acids is 9. The van der Waals surface area contributed by atoms with E-state index in [0.717, 1.165) is 22.3 Å². The third-order valence-corrected chi connectivity index (χ3v) is 13.3. The largest absolute Gasteiger partial charge is 0.370 e. The zero-order chi connectivity index (χ0) is 52.6. The van der Waals surface area contributed by atoms with Crippen LogP contribution in [0.5, 0.6) is 0 Å². The van der Waals surface area contributed by atoms with Gasteiger partial charge < -0.3 is 63.9 Å². The molecule has 1 aromatic heterocycles. The van der Waals surface area contributed by atoms with E-state index in [1.165, 1.54) is 29.2 Å². The van der Waals surface area contributed by atoms with Crippen molar-refractivity contribution in [2.45, 2.75) is 146 Å². The summed E-state index contributed by atoms with van der Waals surface area (Å²) in [5.74, 6) is -6.41. The fourth-order valence-electron chi connectivity index (χ4n) is 9.41. The summed E-state index contributed by atoms with van der Waals surface area (Å²) in [4.78, 5) is 141. The van der Waals surface area contributed by atoms with Crippen molar-refractivity contribution in [3.05, 3.63) is 89.0 Å². The van der Waals surface area contributed by atoms with Crippen LogP contribution in [0.2, 0.25) is 0 Å². The van der Waals surface area contributed by atoms with Crippen LogP contribution in [0.4, 0.5) is 0 Å². The van der Waals surface area contributed by atoms with E-state index in [4.69, 9.17) is 17.2 Å². The molecule has 0 unspecified atom stereocenters. The molecule has 3 aliphatic rings. The van der Waals surface area contributed by atoms with Gasteiger partial charge in [-0.2, -0.15) is 0 Å². The topological polar surface area (TPSA) is 351 Å². The summed E-state index contributed by atoms with van der Waals surface area (Å²) < 4.78 is 0. The Morgan fingerprint density at radius 2 is 1.38 bits per heavy atom. The number of amides is 9. The van der Waals surface area contributed by atoms with E-state index in [1.54, 1.807) is 12.1 Å². The lowest BCUT2D eigenvalue weighted by atomic mass is 9.91. The van der Waals surface area contributed by atoms with Gasteiger partial charge in [0.15, 0.2) is 5.96 Å². The van der Waals surface area contributed by atoms with Gasteiger partial charge in [-0.15, -0.1) is 0 Å². The molecule has 73 heavy (non-hydrogen) atoms. The van der Waals surface area contributed by atoms with E-state index in [-0.39, 0.29) is 77.1 Å². The summed E-state index contributed by atoms with van der Waals surface area (Å²) in [6.07, 6.45) is 4.61. The SMILES string of the molecule is CCCC[C@H](NC(C)=O)C(=O)N[C@H]1CC(=O)NCCCC[C@@H](C(N)=O)NC(=O)[C@@H]2Cc3ccccc3CN2C(=O)[C@H](CCCN=C(N)N)NC(=O)[C@H]2Cc3ccccc3CN2C(=O)[C@H](Cc2cnc[nH]2)NC1=O. The summed E-state index contributed by atoms with van der Waals surface area (Å²) in [5, 5.41) is 16.4. The maximum Gasteiger partial charge on any atom is 0.246 e. The fraction of sp³-hybridized carbons (Fsp3) is 0.500. The maximum atomic E-state index is 15.3. The Hall–Kier alpha value is -7.85. The van der Waals surface area contributed by atoms with Gasteiger partial charge in [-0.05, 0) is 60.8 Å². The summed E-state index contributed by atoms with van der Waals surface area (Å²) >= 11 is 0. The molecule has 2 aromatic carbocycles. The van der Waals surface area contributed by atoms with Crippen LogP contribution in [0.3, 0.4) is 0 Å². The van der Waals surface area contributed by atoms with Crippen molar-refractivity contribution in [1.29, 1.82) is 0 Å². The molecule has 6 rings (SSSR count). The van der Waals surface area contributed by atoms with Crippen molar-refractivity contribution in [2.75, 3.05) is 13.1 Å². The zero-order valence-corrected chi connectivity index (χ0v) is 41.3. The predicted octanol–water partition coefficient (Wildman–Crippen LogP) is -1.28. The number of nitrogens with zero attached hydrogens (tertiary/aromatic N) is 4. The van der Waals surface area contributed by atoms with Crippen LogP contribution < -0.4 is 49.1 Å². The van der Waals surface area contributed by atoms with E-state index >= 15 is 14.4 Å². The Morgan fingerprint density at radius 3 is 1.96 bits per heavy atom. The molecule has 0 aliphatic carbocycles. The van der Waals surface area contributed by atoms with Gasteiger partial charge in [0.1, 0.15) is 42.3 Å². The number of aliphatic imine (C=N–C) groups is 1. The first-order valence-electron chi connectivity index (χ1n) is 24.8. The summed E-state index contributed by atoms with van der Waals surface area (Å²) in [7, 11) is 0. The fourth-order valence-corrected chi connectivity index (χ4v) is 9.41. The first-order valence-corrected chi connectivity index (χ1v) is 24.8. The number of carbonyl (C=O) groups is 9. The molecule has 13 N–H and O–H groups in total. The van der Waals surface area contributed by atoms with E-state index < -0.39 is 102 Å². The highest BCUT2D eigenvalue weighted by Gasteiger charge is 2.43. The number of aromatic amines is 1. The Labute approximate surface area is 423 Å². The van der Waals surface area contributed by atoms with Crippen LogP contribution in [0.1, 0.15) is 99.6 Å². The molecular weight excluding hydrogens is 941 g/mol. The lowest BCUT2D eigenvalue weighted by molar-refractivity contribution is -0.148. The monoisotopic (exact) mass is 1010 g/mol. The molecule has 3 aromatic rings. The van der Waals surface area contributed by atoms with Gasteiger partial charge in [0.2, 0.25) is 53.2 Å². The minimum atomic E-state index is -1.56. The lowest BCUT2D eigenvalue weighted by Crippen LogP contribution is -2.63. The number of nitrogens with one attached hydrogen (secondary N) is 7. The van der Waals surface area contributed by atoms with E-state index in [1.807, 2.05) is 43.3 Å².